The van der Waals surface area contributed by atoms with Gasteiger partial charge in [-0.05, 0) is 13.8 Å². The summed E-state index contributed by atoms with van der Waals surface area (Å²) in [4.78, 5) is 12.7. The Hall–Kier alpha value is -1.19. The van der Waals surface area contributed by atoms with Crippen LogP contribution in [0.2, 0.25) is 0 Å². The van der Waals surface area contributed by atoms with Gasteiger partial charge in [-0.1, -0.05) is 6.58 Å². The van der Waals surface area contributed by atoms with E-state index < -0.39 is 0 Å². The fourth-order valence-electron chi connectivity index (χ4n) is 1.02. The van der Waals surface area contributed by atoms with Crippen LogP contribution in [0.5, 0.6) is 0 Å². The van der Waals surface area contributed by atoms with Crippen LogP contribution in [0.25, 0.3) is 0 Å². The number of methoxy groups -OCH3 is 2. The molecule has 4 nitrogen and oxygen atoms in total. The molecule has 0 rings (SSSR count). The van der Waals surface area contributed by atoms with Crippen LogP contribution in [0.1, 0.15) is 13.8 Å². The van der Waals surface area contributed by atoms with Gasteiger partial charge in [-0.15, -0.1) is 0 Å². The van der Waals surface area contributed by atoms with Gasteiger partial charge >= 0.3 is 6.09 Å². The minimum Gasteiger partial charge on any atom is -0.500 e. The SMILES string of the molecule is C=C(OC)C(C)N(CC)C(=O)OC. The molecule has 0 aliphatic carbocycles. The van der Waals surface area contributed by atoms with E-state index in [0.717, 1.165) is 0 Å². The number of carbonyl (C=O) groups is 1. The predicted molar refractivity (Wildman–Crippen MR) is 50.4 cm³/mol. The van der Waals surface area contributed by atoms with Crippen molar-refractivity contribution in [3.05, 3.63) is 12.3 Å². The van der Waals surface area contributed by atoms with E-state index in [-0.39, 0.29) is 12.1 Å². The molecule has 0 aromatic rings. The number of nitrogens with zero attached hydrogens (tertiary/aromatic N) is 1. The van der Waals surface area contributed by atoms with Crippen LogP contribution < -0.4 is 0 Å². The van der Waals surface area contributed by atoms with Crippen molar-refractivity contribution in [1.29, 1.82) is 0 Å². The van der Waals surface area contributed by atoms with Crippen molar-refractivity contribution in [3.8, 4) is 0 Å². The molecule has 0 aromatic carbocycles. The highest BCUT2D eigenvalue weighted by molar-refractivity contribution is 5.68. The highest BCUT2D eigenvalue weighted by atomic mass is 16.5. The number of carbonyl (C=O) groups excluding carboxylic acids is 1. The lowest BCUT2D eigenvalue weighted by molar-refractivity contribution is 0.103. The van der Waals surface area contributed by atoms with E-state index in [4.69, 9.17) is 4.74 Å². The maximum Gasteiger partial charge on any atom is 0.410 e. The van der Waals surface area contributed by atoms with Crippen molar-refractivity contribution in [2.24, 2.45) is 0 Å². The van der Waals surface area contributed by atoms with Crippen molar-refractivity contribution >= 4 is 6.09 Å². The van der Waals surface area contributed by atoms with E-state index in [1.54, 1.807) is 0 Å². The first-order valence-electron chi connectivity index (χ1n) is 4.15. The topological polar surface area (TPSA) is 38.8 Å². The third kappa shape index (κ3) is 2.97. The molecular formula is C9H17NO3. The molecule has 0 spiro atoms. The molecule has 13 heavy (non-hydrogen) atoms. The molecule has 1 amide bonds. The standard InChI is InChI=1S/C9H17NO3/c1-6-10(9(11)13-5)7(2)8(3)12-4/h7H,3,6H2,1-2,4-5H3. The molecule has 0 aliphatic heterocycles. The van der Waals surface area contributed by atoms with Crippen molar-refractivity contribution in [3.63, 3.8) is 0 Å². The molecule has 0 heterocycles. The second-order valence-corrected chi connectivity index (χ2v) is 2.60. The highest BCUT2D eigenvalue weighted by Gasteiger charge is 2.21. The van der Waals surface area contributed by atoms with Crippen molar-refractivity contribution in [1.82, 2.24) is 4.90 Å². The zero-order chi connectivity index (χ0) is 10.4. The van der Waals surface area contributed by atoms with Gasteiger partial charge in [-0.25, -0.2) is 4.79 Å². The van der Waals surface area contributed by atoms with Crippen LogP contribution in [0, 0.1) is 0 Å². The Labute approximate surface area is 79.1 Å². The quantitative estimate of drug-likeness (QED) is 0.628. The first-order chi connectivity index (χ1) is 6.08. The van der Waals surface area contributed by atoms with Gasteiger partial charge in [0.2, 0.25) is 0 Å². The van der Waals surface area contributed by atoms with Crippen LogP contribution in [-0.4, -0.2) is 37.8 Å². The first kappa shape index (κ1) is 11.8. The summed E-state index contributed by atoms with van der Waals surface area (Å²) in [5.41, 5.74) is 0. The van der Waals surface area contributed by atoms with Gasteiger partial charge in [0, 0.05) is 6.54 Å². The minimum atomic E-state index is -0.367. The van der Waals surface area contributed by atoms with E-state index in [9.17, 15) is 4.79 Å². The molecule has 0 N–H and O–H groups in total. The average Bonchev–Trinajstić information content (AvgIpc) is 2.17. The van der Waals surface area contributed by atoms with Gasteiger partial charge in [0.25, 0.3) is 0 Å². The molecular weight excluding hydrogens is 170 g/mol. The van der Waals surface area contributed by atoms with E-state index in [0.29, 0.717) is 12.3 Å². The average molecular weight is 187 g/mol. The molecule has 1 unspecified atom stereocenters. The Kier molecular flexibility index (Phi) is 4.96. The molecule has 4 heteroatoms. The van der Waals surface area contributed by atoms with Crippen molar-refractivity contribution in [2.75, 3.05) is 20.8 Å². The van der Waals surface area contributed by atoms with Gasteiger partial charge in [-0.2, -0.15) is 0 Å². The molecule has 76 valence electrons. The smallest absolute Gasteiger partial charge is 0.410 e. The molecule has 0 fully saturated rings. The Morgan fingerprint density at radius 3 is 2.31 bits per heavy atom. The Morgan fingerprint density at radius 2 is 2.00 bits per heavy atom. The number of likely N-dealkylation sites (N-methyl/N-ethyl adjacent to an activating group) is 1. The van der Waals surface area contributed by atoms with Gasteiger partial charge in [-0.3, -0.25) is 4.90 Å². The van der Waals surface area contributed by atoms with E-state index >= 15 is 0 Å². The molecule has 0 aromatic heterocycles. The summed E-state index contributed by atoms with van der Waals surface area (Å²) in [5, 5.41) is 0. The Bertz CT molecular complexity index is 191. The monoisotopic (exact) mass is 187 g/mol. The summed E-state index contributed by atoms with van der Waals surface area (Å²) in [6.07, 6.45) is -0.367. The van der Waals surface area contributed by atoms with Crippen molar-refractivity contribution < 1.29 is 14.3 Å². The maximum atomic E-state index is 11.2. The van der Waals surface area contributed by atoms with Gasteiger partial charge in [0.05, 0.1) is 20.3 Å². The summed E-state index contributed by atoms with van der Waals surface area (Å²) in [5.74, 6) is 0.548. The summed E-state index contributed by atoms with van der Waals surface area (Å²) in [6, 6.07) is -0.164. The summed E-state index contributed by atoms with van der Waals surface area (Å²) < 4.78 is 9.55. The third-order valence-corrected chi connectivity index (χ3v) is 1.95. The van der Waals surface area contributed by atoms with Gasteiger partial charge in [0.1, 0.15) is 5.76 Å². The Balaban J connectivity index is 4.39. The normalized spacial score (nSPS) is 11.7. The minimum absolute atomic E-state index is 0.164. The molecule has 0 radical (unpaired) electrons. The van der Waals surface area contributed by atoms with Crippen LogP contribution in [0.4, 0.5) is 4.79 Å². The lowest BCUT2D eigenvalue weighted by Gasteiger charge is -2.26. The predicted octanol–water partition coefficient (Wildman–Crippen LogP) is 1.62. The zero-order valence-electron chi connectivity index (χ0n) is 8.66. The van der Waals surface area contributed by atoms with Gasteiger partial charge < -0.3 is 9.47 Å². The van der Waals surface area contributed by atoms with Crippen LogP contribution in [-0.2, 0) is 9.47 Å². The van der Waals surface area contributed by atoms with E-state index in [1.165, 1.54) is 19.1 Å². The largest absolute Gasteiger partial charge is 0.500 e. The third-order valence-electron chi connectivity index (χ3n) is 1.95. The number of hydrogen-bond donors (Lipinski definition) is 0. The van der Waals surface area contributed by atoms with E-state index in [2.05, 4.69) is 11.3 Å². The lowest BCUT2D eigenvalue weighted by Crippen LogP contribution is -2.39. The van der Waals surface area contributed by atoms with Crippen LogP contribution in [0.15, 0.2) is 12.3 Å². The molecule has 0 bridgehead atoms. The second-order valence-electron chi connectivity index (χ2n) is 2.60. The number of ether oxygens (including phenoxy) is 2. The fourth-order valence-corrected chi connectivity index (χ4v) is 1.02. The molecule has 0 aliphatic rings. The summed E-state index contributed by atoms with van der Waals surface area (Å²) in [6.45, 7) is 7.96. The lowest BCUT2D eigenvalue weighted by atomic mass is 10.2. The van der Waals surface area contributed by atoms with Crippen LogP contribution >= 0.6 is 0 Å². The fraction of sp³-hybridized carbons (Fsp3) is 0.667. The number of amides is 1. The zero-order valence-corrected chi connectivity index (χ0v) is 8.66. The first-order valence-corrected chi connectivity index (χ1v) is 4.15. The summed E-state index contributed by atoms with van der Waals surface area (Å²) in [7, 11) is 2.89. The van der Waals surface area contributed by atoms with Crippen molar-refractivity contribution in [2.45, 2.75) is 19.9 Å². The van der Waals surface area contributed by atoms with Crippen LogP contribution in [0.3, 0.4) is 0 Å². The molecule has 0 saturated carbocycles. The highest BCUT2D eigenvalue weighted by Crippen LogP contribution is 2.09. The number of hydrogen-bond acceptors (Lipinski definition) is 3. The molecule has 0 saturated heterocycles. The maximum absolute atomic E-state index is 11.2. The summed E-state index contributed by atoms with van der Waals surface area (Å²) >= 11 is 0. The number of rotatable bonds is 4. The molecule has 1 atom stereocenters. The second kappa shape index (κ2) is 5.45. The van der Waals surface area contributed by atoms with E-state index in [1.807, 2.05) is 13.8 Å². The Morgan fingerprint density at radius 1 is 1.46 bits per heavy atom. The van der Waals surface area contributed by atoms with Gasteiger partial charge in [0.15, 0.2) is 0 Å².